The summed E-state index contributed by atoms with van der Waals surface area (Å²) in [5.41, 5.74) is 3.94. The largest absolute Gasteiger partial charge is 0.497 e. The summed E-state index contributed by atoms with van der Waals surface area (Å²) in [6.45, 7) is 0.246. The van der Waals surface area contributed by atoms with Crippen LogP contribution in [0.5, 0.6) is 5.75 Å². The van der Waals surface area contributed by atoms with Crippen molar-refractivity contribution in [2.75, 3.05) is 7.11 Å². The third-order valence-electron chi connectivity index (χ3n) is 4.66. The molecule has 3 aromatic rings. The van der Waals surface area contributed by atoms with Gasteiger partial charge in [0, 0.05) is 0 Å². The first-order valence-corrected chi connectivity index (χ1v) is 9.99. The zero-order chi connectivity index (χ0) is 20.2. The van der Waals surface area contributed by atoms with E-state index in [-0.39, 0.29) is 17.7 Å². The molecule has 0 N–H and O–H groups in total. The van der Waals surface area contributed by atoms with E-state index in [0.717, 1.165) is 39.8 Å². The molecular formula is C24H19NO3S. The molecule has 0 saturated carbocycles. The Hall–Kier alpha value is -3.31. The van der Waals surface area contributed by atoms with Crippen LogP contribution >= 0.6 is 11.8 Å². The van der Waals surface area contributed by atoms with Crippen molar-refractivity contribution >= 4 is 29.0 Å². The molecule has 0 unspecified atom stereocenters. The van der Waals surface area contributed by atoms with Crippen LogP contribution in [0.1, 0.15) is 11.1 Å². The monoisotopic (exact) mass is 401 g/mol. The topological polar surface area (TPSA) is 46.6 Å². The van der Waals surface area contributed by atoms with E-state index in [0.29, 0.717) is 4.91 Å². The fourth-order valence-electron chi connectivity index (χ4n) is 3.14. The molecule has 29 heavy (non-hydrogen) atoms. The van der Waals surface area contributed by atoms with Crippen LogP contribution in [0.25, 0.3) is 17.2 Å². The summed E-state index contributed by atoms with van der Waals surface area (Å²) in [4.78, 5) is 26.9. The van der Waals surface area contributed by atoms with Crippen LogP contribution in [-0.4, -0.2) is 23.2 Å². The first-order valence-electron chi connectivity index (χ1n) is 9.18. The maximum atomic E-state index is 12.8. The Balaban J connectivity index is 1.54. The number of methoxy groups -OCH3 is 1. The summed E-state index contributed by atoms with van der Waals surface area (Å²) in [7, 11) is 1.60. The van der Waals surface area contributed by atoms with Gasteiger partial charge in [0.2, 0.25) is 0 Å². The zero-order valence-corrected chi connectivity index (χ0v) is 16.7. The zero-order valence-electron chi connectivity index (χ0n) is 15.9. The lowest BCUT2D eigenvalue weighted by molar-refractivity contribution is -0.123. The Morgan fingerprint density at radius 2 is 1.62 bits per heavy atom. The fraction of sp³-hybridized carbons (Fsp3) is 0.0833. The van der Waals surface area contributed by atoms with Crippen molar-refractivity contribution in [1.29, 1.82) is 0 Å². The maximum absolute atomic E-state index is 12.8. The van der Waals surface area contributed by atoms with Crippen molar-refractivity contribution in [3.8, 4) is 16.9 Å². The highest BCUT2D eigenvalue weighted by molar-refractivity contribution is 8.18. The van der Waals surface area contributed by atoms with Gasteiger partial charge in [-0.15, -0.1) is 0 Å². The molecule has 1 aliphatic heterocycles. The molecule has 4 nitrogen and oxygen atoms in total. The summed E-state index contributed by atoms with van der Waals surface area (Å²) < 4.78 is 5.15. The highest BCUT2D eigenvalue weighted by atomic mass is 32.2. The molecule has 144 valence electrons. The molecular weight excluding hydrogens is 382 g/mol. The second kappa shape index (κ2) is 8.37. The number of rotatable bonds is 5. The van der Waals surface area contributed by atoms with E-state index in [4.69, 9.17) is 4.74 Å². The van der Waals surface area contributed by atoms with Crippen molar-refractivity contribution in [2.24, 2.45) is 0 Å². The lowest BCUT2D eigenvalue weighted by Gasteiger charge is -2.12. The van der Waals surface area contributed by atoms with Gasteiger partial charge in [-0.05, 0) is 58.3 Å². The lowest BCUT2D eigenvalue weighted by Crippen LogP contribution is -2.27. The number of imide groups is 1. The van der Waals surface area contributed by atoms with Crippen molar-refractivity contribution in [3.63, 3.8) is 0 Å². The number of benzene rings is 3. The molecule has 0 bridgehead atoms. The average molecular weight is 401 g/mol. The van der Waals surface area contributed by atoms with Crippen molar-refractivity contribution in [2.45, 2.75) is 6.54 Å². The van der Waals surface area contributed by atoms with E-state index in [2.05, 4.69) is 0 Å². The van der Waals surface area contributed by atoms with Crippen LogP contribution < -0.4 is 4.74 Å². The first kappa shape index (κ1) is 19.0. The number of carbonyl (C=O) groups excluding carboxylic acids is 2. The number of thioether (sulfide) groups is 1. The Morgan fingerprint density at radius 3 is 2.34 bits per heavy atom. The van der Waals surface area contributed by atoms with Crippen LogP contribution in [0.15, 0.2) is 83.8 Å². The molecule has 4 rings (SSSR count). The van der Waals surface area contributed by atoms with Crippen LogP contribution in [0, 0.1) is 0 Å². The van der Waals surface area contributed by atoms with E-state index in [9.17, 15) is 9.59 Å². The van der Waals surface area contributed by atoms with Gasteiger partial charge in [-0.25, -0.2) is 0 Å². The Morgan fingerprint density at radius 1 is 0.897 bits per heavy atom. The van der Waals surface area contributed by atoms with Gasteiger partial charge in [0.25, 0.3) is 11.1 Å². The molecule has 1 heterocycles. The number of ether oxygens (including phenoxy) is 1. The predicted molar refractivity (Wildman–Crippen MR) is 116 cm³/mol. The summed E-state index contributed by atoms with van der Waals surface area (Å²) in [5, 5.41) is -0.253. The van der Waals surface area contributed by atoms with E-state index in [1.807, 2.05) is 78.9 Å². The van der Waals surface area contributed by atoms with Gasteiger partial charge in [0.15, 0.2) is 0 Å². The fourth-order valence-corrected chi connectivity index (χ4v) is 3.98. The van der Waals surface area contributed by atoms with Crippen molar-refractivity contribution in [1.82, 2.24) is 4.90 Å². The van der Waals surface area contributed by atoms with Gasteiger partial charge < -0.3 is 4.74 Å². The van der Waals surface area contributed by atoms with Gasteiger partial charge >= 0.3 is 0 Å². The van der Waals surface area contributed by atoms with Crippen molar-refractivity contribution in [3.05, 3.63) is 94.9 Å². The molecule has 0 atom stereocenters. The molecule has 0 aromatic heterocycles. The maximum Gasteiger partial charge on any atom is 0.293 e. The first-order chi connectivity index (χ1) is 14.1. The van der Waals surface area contributed by atoms with E-state index in [1.54, 1.807) is 13.2 Å². The van der Waals surface area contributed by atoms with Crippen LogP contribution in [0.4, 0.5) is 4.79 Å². The second-order valence-electron chi connectivity index (χ2n) is 6.61. The molecule has 0 radical (unpaired) electrons. The molecule has 2 amide bonds. The molecule has 3 aromatic carbocycles. The molecule has 1 aliphatic rings. The Kier molecular flexibility index (Phi) is 5.49. The summed E-state index contributed by atoms with van der Waals surface area (Å²) in [5.74, 6) is 0.474. The Labute approximate surface area is 173 Å². The van der Waals surface area contributed by atoms with Crippen molar-refractivity contribution < 1.29 is 14.3 Å². The second-order valence-corrected chi connectivity index (χ2v) is 7.60. The van der Waals surface area contributed by atoms with E-state index in [1.165, 1.54) is 4.90 Å². The van der Waals surface area contributed by atoms with Crippen LogP contribution in [0.2, 0.25) is 0 Å². The third kappa shape index (κ3) is 4.25. The SMILES string of the molecule is COc1ccc(CN2C(=O)S/C(=C\c3cccc(-c4ccccc4)c3)C2=O)cc1. The molecule has 5 heteroatoms. The number of hydrogen-bond donors (Lipinski definition) is 0. The standard InChI is InChI=1S/C24H19NO3S/c1-28-21-12-10-17(11-13-21)16-25-23(26)22(29-24(25)27)15-18-6-5-9-20(14-18)19-7-3-2-4-8-19/h2-15H,16H2,1H3/b22-15-. The molecule has 1 saturated heterocycles. The smallest absolute Gasteiger partial charge is 0.293 e. The normalized spacial score (nSPS) is 15.2. The molecule has 0 aliphatic carbocycles. The van der Waals surface area contributed by atoms with Crippen LogP contribution in [-0.2, 0) is 11.3 Å². The minimum Gasteiger partial charge on any atom is -0.497 e. The highest BCUT2D eigenvalue weighted by Gasteiger charge is 2.34. The van der Waals surface area contributed by atoms with E-state index >= 15 is 0 Å². The van der Waals surface area contributed by atoms with Gasteiger partial charge in [-0.3, -0.25) is 14.5 Å². The summed E-state index contributed by atoms with van der Waals surface area (Å²) >= 11 is 0.979. The minimum atomic E-state index is -0.263. The molecule has 0 spiro atoms. The average Bonchev–Trinajstić information content (AvgIpc) is 3.02. The quantitative estimate of drug-likeness (QED) is 0.522. The van der Waals surface area contributed by atoms with Crippen LogP contribution in [0.3, 0.4) is 0 Å². The lowest BCUT2D eigenvalue weighted by atomic mass is 10.0. The summed E-state index contributed by atoms with van der Waals surface area (Å²) in [6, 6.07) is 25.3. The van der Waals surface area contributed by atoms with Gasteiger partial charge in [0.1, 0.15) is 5.75 Å². The number of carbonyl (C=O) groups is 2. The van der Waals surface area contributed by atoms with Gasteiger partial charge in [-0.2, -0.15) is 0 Å². The number of amides is 2. The highest BCUT2D eigenvalue weighted by Crippen LogP contribution is 2.34. The Bertz CT molecular complexity index is 1070. The predicted octanol–water partition coefficient (Wildman–Crippen LogP) is 5.60. The van der Waals surface area contributed by atoms with Gasteiger partial charge in [-0.1, -0.05) is 60.7 Å². The number of nitrogens with zero attached hydrogens (tertiary/aromatic N) is 1. The minimum absolute atomic E-state index is 0.246. The van der Waals surface area contributed by atoms with Gasteiger partial charge in [0.05, 0.1) is 18.6 Å². The molecule has 1 fully saturated rings. The number of hydrogen-bond acceptors (Lipinski definition) is 4. The van der Waals surface area contributed by atoms with E-state index < -0.39 is 0 Å². The third-order valence-corrected chi connectivity index (χ3v) is 5.57. The summed E-state index contributed by atoms with van der Waals surface area (Å²) in [6.07, 6.45) is 1.78.